The van der Waals surface area contributed by atoms with E-state index in [0.29, 0.717) is 36.4 Å². The van der Waals surface area contributed by atoms with Crippen molar-refractivity contribution in [1.82, 2.24) is 4.90 Å². The minimum Gasteiger partial charge on any atom is -0.483 e. The molecule has 0 spiro atoms. The minimum atomic E-state index is -0.365. The van der Waals surface area contributed by atoms with Gasteiger partial charge >= 0.3 is 0 Å². The predicted molar refractivity (Wildman–Crippen MR) is 143 cm³/mol. The third kappa shape index (κ3) is 6.67. The van der Waals surface area contributed by atoms with Crippen molar-refractivity contribution in [2.45, 2.75) is 6.54 Å². The summed E-state index contributed by atoms with van der Waals surface area (Å²) < 4.78 is 6.20. The second-order valence-corrected chi connectivity index (χ2v) is 10.2. The summed E-state index contributed by atoms with van der Waals surface area (Å²) in [5.74, 6) is -0.227. The molecule has 178 valence electrons. The molecule has 0 unspecified atom stereocenters. The van der Waals surface area contributed by atoms with Gasteiger partial charge in [0.05, 0.1) is 15.9 Å². The number of amides is 3. The first-order chi connectivity index (χ1) is 16.8. The van der Waals surface area contributed by atoms with Gasteiger partial charge in [0.1, 0.15) is 5.75 Å². The number of ether oxygens (including phenoxy) is 1. The topological polar surface area (TPSA) is 75.7 Å². The lowest BCUT2D eigenvalue weighted by atomic mass is 10.2. The molecule has 10 heteroatoms. The van der Waals surface area contributed by atoms with E-state index in [1.165, 1.54) is 4.90 Å². The third-order valence-electron chi connectivity index (χ3n) is 4.84. The summed E-state index contributed by atoms with van der Waals surface area (Å²) in [6, 6.07) is 19.0. The third-order valence-corrected chi connectivity index (χ3v) is 6.86. The molecule has 0 aromatic heterocycles. The van der Waals surface area contributed by atoms with Gasteiger partial charge in [-0.05, 0) is 93.4 Å². The highest BCUT2D eigenvalue weighted by atomic mass is 79.9. The van der Waals surface area contributed by atoms with Crippen LogP contribution in [0.2, 0.25) is 10.0 Å². The number of carbonyl (C=O) groups excluding carboxylic acids is 3. The largest absolute Gasteiger partial charge is 0.483 e. The van der Waals surface area contributed by atoms with E-state index in [-0.39, 0.29) is 30.2 Å². The van der Waals surface area contributed by atoms with Crippen LogP contribution >= 0.6 is 50.9 Å². The molecule has 0 atom stereocenters. The molecule has 1 fully saturated rings. The maximum atomic E-state index is 12.8. The number of hydrogen-bond acceptors (Lipinski definition) is 5. The van der Waals surface area contributed by atoms with E-state index in [9.17, 15) is 14.4 Å². The summed E-state index contributed by atoms with van der Waals surface area (Å²) in [5, 5.41) is 3.50. The lowest BCUT2D eigenvalue weighted by molar-refractivity contribution is -0.123. The van der Waals surface area contributed by atoms with Gasteiger partial charge in [0.2, 0.25) is 0 Å². The Balaban J connectivity index is 1.38. The first-order valence-electron chi connectivity index (χ1n) is 10.3. The summed E-state index contributed by atoms with van der Waals surface area (Å²) in [7, 11) is 0. The first-order valence-corrected chi connectivity index (χ1v) is 12.6. The maximum Gasteiger partial charge on any atom is 0.293 e. The Kier molecular flexibility index (Phi) is 8.18. The summed E-state index contributed by atoms with van der Waals surface area (Å²) in [6.45, 7) is -0.0416. The van der Waals surface area contributed by atoms with Crippen LogP contribution in [0.25, 0.3) is 6.08 Å². The van der Waals surface area contributed by atoms with Crippen LogP contribution in [0.5, 0.6) is 5.75 Å². The Morgan fingerprint density at radius 1 is 1.03 bits per heavy atom. The molecule has 1 aliphatic heterocycles. The molecule has 4 rings (SSSR count). The smallest absolute Gasteiger partial charge is 0.293 e. The number of benzene rings is 3. The van der Waals surface area contributed by atoms with Gasteiger partial charge in [0.25, 0.3) is 17.1 Å². The predicted octanol–water partition coefficient (Wildman–Crippen LogP) is 7.01. The number of hydrogen-bond donors (Lipinski definition) is 1. The summed E-state index contributed by atoms with van der Waals surface area (Å²) >= 11 is 16.2. The molecule has 1 saturated heterocycles. The van der Waals surface area contributed by atoms with E-state index < -0.39 is 0 Å². The van der Waals surface area contributed by atoms with Crippen LogP contribution in [0.1, 0.15) is 11.1 Å². The lowest BCUT2D eigenvalue weighted by Gasteiger charge is -2.12. The number of rotatable bonds is 7. The van der Waals surface area contributed by atoms with Crippen molar-refractivity contribution in [2.75, 3.05) is 11.9 Å². The molecule has 3 amide bonds. The van der Waals surface area contributed by atoms with Crippen LogP contribution < -0.4 is 10.1 Å². The van der Waals surface area contributed by atoms with Gasteiger partial charge in [-0.3, -0.25) is 19.3 Å². The van der Waals surface area contributed by atoms with Crippen molar-refractivity contribution in [3.8, 4) is 5.75 Å². The zero-order valence-electron chi connectivity index (χ0n) is 18.0. The Labute approximate surface area is 224 Å². The molecule has 1 N–H and O–H groups in total. The van der Waals surface area contributed by atoms with Crippen molar-refractivity contribution in [2.24, 2.45) is 0 Å². The highest BCUT2D eigenvalue weighted by Gasteiger charge is 2.35. The molecule has 3 aromatic carbocycles. The average molecular weight is 592 g/mol. The lowest BCUT2D eigenvalue weighted by Crippen LogP contribution is -2.27. The van der Waals surface area contributed by atoms with Gasteiger partial charge in [-0.25, -0.2) is 0 Å². The maximum absolute atomic E-state index is 12.8. The van der Waals surface area contributed by atoms with Crippen molar-refractivity contribution in [1.29, 1.82) is 0 Å². The van der Waals surface area contributed by atoms with E-state index in [1.807, 2.05) is 6.07 Å². The minimum absolute atomic E-state index is 0.150. The van der Waals surface area contributed by atoms with Gasteiger partial charge in [0, 0.05) is 15.7 Å². The molecule has 0 radical (unpaired) electrons. The van der Waals surface area contributed by atoms with E-state index in [4.69, 9.17) is 27.9 Å². The fourth-order valence-corrected chi connectivity index (χ4v) is 4.89. The molecule has 0 bridgehead atoms. The molecule has 6 nitrogen and oxygen atoms in total. The molecule has 3 aromatic rings. The van der Waals surface area contributed by atoms with Crippen molar-refractivity contribution in [3.63, 3.8) is 0 Å². The highest BCUT2D eigenvalue weighted by molar-refractivity contribution is 9.10. The fourth-order valence-electron chi connectivity index (χ4n) is 3.20. The standard InChI is InChI=1S/C25H17BrCl2N2O4S/c26-20-11-15(4-9-21(20)34-14-23(31)29-19-7-5-17(27)6-8-19)12-22-24(32)30(25(33)35-22)13-16-2-1-3-18(28)10-16/h1-12H,13-14H2,(H,29,31)/b22-12-. The number of imide groups is 1. The van der Waals surface area contributed by atoms with E-state index in [2.05, 4.69) is 21.2 Å². The Morgan fingerprint density at radius 2 is 1.80 bits per heavy atom. The molecule has 0 saturated carbocycles. The van der Waals surface area contributed by atoms with Crippen LogP contribution in [0.4, 0.5) is 10.5 Å². The normalized spacial score (nSPS) is 14.5. The number of anilines is 1. The average Bonchev–Trinajstić information content (AvgIpc) is 3.07. The number of thioether (sulfide) groups is 1. The van der Waals surface area contributed by atoms with Gasteiger partial charge in [0.15, 0.2) is 6.61 Å². The second-order valence-electron chi connectivity index (χ2n) is 7.43. The zero-order valence-corrected chi connectivity index (χ0v) is 21.9. The Morgan fingerprint density at radius 3 is 2.51 bits per heavy atom. The molecule has 35 heavy (non-hydrogen) atoms. The van der Waals surface area contributed by atoms with Crippen LogP contribution in [-0.2, 0) is 16.1 Å². The van der Waals surface area contributed by atoms with Crippen LogP contribution in [0.3, 0.4) is 0 Å². The zero-order chi connectivity index (χ0) is 24.9. The van der Waals surface area contributed by atoms with Crippen LogP contribution in [0, 0.1) is 0 Å². The molecule has 0 aliphatic carbocycles. The van der Waals surface area contributed by atoms with Crippen molar-refractivity contribution >= 4 is 79.7 Å². The van der Waals surface area contributed by atoms with Gasteiger partial charge in [-0.2, -0.15) is 0 Å². The first kappa shape index (κ1) is 25.3. The molecular formula is C25H17BrCl2N2O4S. The number of carbonyl (C=O) groups is 3. The summed E-state index contributed by atoms with van der Waals surface area (Å²) in [5.41, 5.74) is 2.08. The van der Waals surface area contributed by atoms with E-state index in [0.717, 1.165) is 17.3 Å². The van der Waals surface area contributed by atoms with E-state index >= 15 is 0 Å². The number of nitrogens with one attached hydrogen (secondary N) is 1. The quantitative estimate of drug-likeness (QED) is 0.299. The van der Waals surface area contributed by atoms with Crippen molar-refractivity contribution in [3.05, 3.63) is 97.3 Å². The molecule has 1 heterocycles. The Bertz CT molecular complexity index is 1330. The monoisotopic (exact) mass is 590 g/mol. The molecule has 1 aliphatic rings. The SMILES string of the molecule is O=C(COc1ccc(/C=C2\SC(=O)N(Cc3cccc(Cl)c3)C2=O)cc1Br)Nc1ccc(Cl)cc1. The fraction of sp³-hybridized carbons (Fsp3) is 0.0800. The molecular weight excluding hydrogens is 575 g/mol. The van der Waals surface area contributed by atoms with E-state index in [1.54, 1.807) is 66.7 Å². The van der Waals surface area contributed by atoms with Crippen LogP contribution in [0.15, 0.2) is 76.1 Å². The number of nitrogens with zero attached hydrogens (tertiary/aromatic N) is 1. The summed E-state index contributed by atoms with van der Waals surface area (Å²) in [6.07, 6.45) is 1.64. The Hall–Kier alpha value is -2.78. The van der Waals surface area contributed by atoms with Crippen LogP contribution in [-0.4, -0.2) is 28.6 Å². The van der Waals surface area contributed by atoms with Crippen molar-refractivity contribution < 1.29 is 19.1 Å². The highest BCUT2D eigenvalue weighted by Crippen LogP contribution is 2.35. The second kappa shape index (κ2) is 11.3. The summed E-state index contributed by atoms with van der Waals surface area (Å²) in [4.78, 5) is 38.9. The van der Waals surface area contributed by atoms with Gasteiger partial charge in [-0.1, -0.05) is 41.4 Å². The van der Waals surface area contributed by atoms with Gasteiger partial charge in [-0.15, -0.1) is 0 Å². The number of halogens is 3. The van der Waals surface area contributed by atoms with Gasteiger partial charge < -0.3 is 10.1 Å².